The largest absolute Gasteiger partial charge is 0.394 e. The second-order valence-electron chi connectivity index (χ2n) is 6.16. The van der Waals surface area contributed by atoms with Gasteiger partial charge in [-0.2, -0.15) is 0 Å². The predicted octanol–water partition coefficient (Wildman–Crippen LogP) is 0.487. The zero-order chi connectivity index (χ0) is 19.6. The Labute approximate surface area is 159 Å². The van der Waals surface area contributed by atoms with E-state index in [1.807, 2.05) is 12.3 Å². The smallest absolute Gasteiger partial charge is 0.191 e. The molecule has 0 amide bonds. The molecule has 11 heteroatoms. The topological polar surface area (TPSA) is 126 Å². The lowest BCUT2D eigenvalue weighted by atomic mass is 10.1. The molecule has 0 saturated carbocycles. The molecule has 1 aliphatic heterocycles. The monoisotopic (exact) mass is 399 g/mol. The van der Waals surface area contributed by atoms with Crippen LogP contribution in [-0.2, 0) is 4.74 Å². The van der Waals surface area contributed by atoms with Gasteiger partial charge in [0.2, 0.25) is 0 Å². The fourth-order valence-corrected chi connectivity index (χ4v) is 3.12. The highest BCUT2D eigenvalue weighted by molar-refractivity contribution is 7.98. The minimum absolute atomic E-state index is 0.0309. The van der Waals surface area contributed by atoms with E-state index >= 15 is 0 Å². The minimum Gasteiger partial charge on any atom is -0.394 e. The molecule has 148 valence electrons. The first kappa shape index (κ1) is 20.0. The van der Waals surface area contributed by atoms with Crippen molar-refractivity contribution in [2.45, 2.75) is 36.7 Å². The van der Waals surface area contributed by atoms with E-state index in [0.717, 1.165) is 5.57 Å². The van der Waals surface area contributed by atoms with Crippen LogP contribution in [0.3, 0.4) is 0 Å². The normalized spacial score (nSPS) is 26.1. The molecule has 27 heavy (non-hydrogen) atoms. The van der Waals surface area contributed by atoms with Crippen molar-refractivity contribution >= 4 is 28.7 Å². The molecule has 0 spiro atoms. The van der Waals surface area contributed by atoms with Crippen molar-refractivity contribution in [2.75, 3.05) is 31.3 Å². The number of aliphatic hydroxyl groups excluding tert-OH is 3. The van der Waals surface area contributed by atoms with E-state index < -0.39 is 31.2 Å². The molecule has 4 N–H and O–H groups in total. The van der Waals surface area contributed by atoms with Gasteiger partial charge in [-0.3, -0.25) is 4.57 Å². The number of fused-ring (bicyclic) bond motifs is 1. The maximum absolute atomic E-state index is 14.5. The standard InChI is InChI=1S/C16H22FN5O4S/c1-8(5-23)3-4-18-13-11-14(21-16(20-13)27-2)22(7-19-11)15-10(17)12(25)9(6-24)26-15/h3,7,9-10,12,15,23-25H,4-6H2,1-2H3,(H,18,20,21)/b8-3+/t9-,10+,12?,15-/m1/s1. The van der Waals surface area contributed by atoms with E-state index in [2.05, 4.69) is 20.3 Å². The SMILES string of the molecule is CSc1nc(NC/C=C(\C)CO)c2ncn([C@@H]3O[C@H](CO)C(O)[C@@H]3F)c2n1. The van der Waals surface area contributed by atoms with Crippen LogP contribution in [0.4, 0.5) is 10.2 Å². The number of thioether (sulfide) groups is 1. The Hall–Kier alpha value is -1.79. The molecule has 1 aliphatic rings. The molecule has 3 rings (SSSR count). The van der Waals surface area contributed by atoms with Gasteiger partial charge in [0.05, 0.1) is 19.5 Å². The van der Waals surface area contributed by atoms with Crippen molar-refractivity contribution in [2.24, 2.45) is 0 Å². The summed E-state index contributed by atoms with van der Waals surface area (Å²) in [5.74, 6) is 0.470. The molecule has 9 nitrogen and oxygen atoms in total. The number of aromatic nitrogens is 4. The Kier molecular flexibility index (Phi) is 6.27. The van der Waals surface area contributed by atoms with Gasteiger partial charge in [0.25, 0.3) is 0 Å². The summed E-state index contributed by atoms with van der Waals surface area (Å²) >= 11 is 1.32. The Morgan fingerprint density at radius 3 is 2.85 bits per heavy atom. The summed E-state index contributed by atoms with van der Waals surface area (Å²) in [5, 5.41) is 31.8. The van der Waals surface area contributed by atoms with Crippen LogP contribution in [0, 0.1) is 0 Å². The van der Waals surface area contributed by atoms with Crippen molar-refractivity contribution in [1.29, 1.82) is 0 Å². The van der Waals surface area contributed by atoms with Crippen molar-refractivity contribution in [3.8, 4) is 0 Å². The number of hydrogen-bond donors (Lipinski definition) is 4. The number of nitrogens with zero attached hydrogens (tertiary/aromatic N) is 4. The summed E-state index contributed by atoms with van der Waals surface area (Å²) in [7, 11) is 0. The maximum atomic E-state index is 14.5. The highest BCUT2D eigenvalue weighted by atomic mass is 32.2. The summed E-state index contributed by atoms with van der Waals surface area (Å²) in [4.78, 5) is 13.1. The van der Waals surface area contributed by atoms with Gasteiger partial charge in [0, 0.05) is 6.54 Å². The average Bonchev–Trinajstić information content (AvgIpc) is 3.22. The minimum atomic E-state index is -1.72. The number of hydrogen-bond acceptors (Lipinski definition) is 9. The first-order valence-electron chi connectivity index (χ1n) is 8.37. The predicted molar refractivity (Wildman–Crippen MR) is 98.3 cm³/mol. The second kappa shape index (κ2) is 8.48. The summed E-state index contributed by atoms with van der Waals surface area (Å²) in [6.45, 7) is 1.72. The van der Waals surface area contributed by atoms with Crippen LogP contribution in [0.25, 0.3) is 11.2 Å². The van der Waals surface area contributed by atoms with Gasteiger partial charge in [0.15, 0.2) is 34.5 Å². The third-order valence-corrected chi connectivity index (χ3v) is 4.85. The maximum Gasteiger partial charge on any atom is 0.191 e. The summed E-state index contributed by atoms with van der Waals surface area (Å²) in [6.07, 6.45) is -0.278. The number of nitrogens with one attached hydrogen (secondary N) is 1. The summed E-state index contributed by atoms with van der Waals surface area (Å²) < 4.78 is 21.3. The molecule has 0 aliphatic carbocycles. The van der Waals surface area contributed by atoms with Crippen LogP contribution in [0.2, 0.25) is 0 Å². The highest BCUT2D eigenvalue weighted by Gasteiger charge is 2.45. The number of anilines is 1. The quantitative estimate of drug-likeness (QED) is 0.299. The van der Waals surface area contributed by atoms with Crippen LogP contribution in [0.5, 0.6) is 0 Å². The lowest BCUT2D eigenvalue weighted by molar-refractivity contribution is -0.0459. The molecule has 1 saturated heterocycles. The van der Waals surface area contributed by atoms with Crippen LogP contribution in [-0.4, -0.2) is 79.2 Å². The van der Waals surface area contributed by atoms with E-state index in [4.69, 9.17) is 9.84 Å². The van der Waals surface area contributed by atoms with Gasteiger partial charge in [0.1, 0.15) is 12.2 Å². The molecular formula is C16H22FN5O4S. The third-order valence-electron chi connectivity index (χ3n) is 4.30. The Morgan fingerprint density at radius 1 is 1.44 bits per heavy atom. The average molecular weight is 399 g/mol. The molecule has 1 unspecified atom stereocenters. The van der Waals surface area contributed by atoms with Crippen molar-refractivity contribution in [1.82, 2.24) is 19.5 Å². The summed E-state index contributed by atoms with van der Waals surface area (Å²) in [6, 6.07) is 0. The zero-order valence-electron chi connectivity index (χ0n) is 14.9. The summed E-state index contributed by atoms with van der Waals surface area (Å²) in [5.41, 5.74) is 1.60. The second-order valence-corrected chi connectivity index (χ2v) is 6.93. The molecule has 0 bridgehead atoms. The van der Waals surface area contributed by atoms with Crippen molar-refractivity contribution < 1.29 is 24.4 Å². The van der Waals surface area contributed by atoms with E-state index in [1.165, 1.54) is 22.7 Å². The van der Waals surface area contributed by atoms with Crippen LogP contribution < -0.4 is 5.32 Å². The van der Waals surface area contributed by atoms with Gasteiger partial charge in [-0.05, 0) is 13.2 Å². The number of ether oxygens (including phenoxy) is 1. The lowest BCUT2D eigenvalue weighted by Crippen LogP contribution is -2.30. The van der Waals surface area contributed by atoms with Gasteiger partial charge in [-0.1, -0.05) is 23.4 Å². The first-order valence-corrected chi connectivity index (χ1v) is 9.60. The molecule has 2 aromatic heterocycles. The van der Waals surface area contributed by atoms with Crippen LogP contribution >= 0.6 is 11.8 Å². The molecule has 0 aromatic carbocycles. The molecule has 4 atom stereocenters. The number of imidazole rings is 1. The van der Waals surface area contributed by atoms with Gasteiger partial charge in [-0.25, -0.2) is 19.3 Å². The Bertz CT molecular complexity index is 832. The number of alkyl halides is 1. The molecule has 1 fully saturated rings. The van der Waals surface area contributed by atoms with E-state index in [1.54, 1.807) is 6.92 Å². The fraction of sp³-hybridized carbons (Fsp3) is 0.562. The van der Waals surface area contributed by atoms with E-state index in [0.29, 0.717) is 28.7 Å². The number of halogens is 1. The van der Waals surface area contributed by atoms with E-state index in [9.17, 15) is 14.6 Å². The number of rotatable bonds is 7. The third kappa shape index (κ3) is 3.92. The molecule has 3 heterocycles. The van der Waals surface area contributed by atoms with Crippen molar-refractivity contribution in [3.05, 3.63) is 18.0 Å². The molecule has 2 aromatic rings. The molecular weight excluding hydrogens is 377 g/mol. The molecule has 0 radical (unpaired) electrons. The van der Waals surface area contributed by atoms with Gasteiger partial charge >= 0.3 is 0 Å². The van der Waals surface area contributed by atoms with Crippen LogP contribution in [0.1, 0.15) is 13.2 Å². The number of aliphatic hydroxyl groups is 3. The highest BCUT2D eigenvalue weighted by Crippen LogP contribution is 2.34. The lowest BCUT2D eigenvalue weighted by Gasteiger charge is -2.15. The Balaban J connectivity index is 1.96. The van der Waals surface area contributed by atoms with Gasteiger partial charge in [-0.15, -0.1) is 0 Å². The van der Waals surface area contributed by atoms with Crippen LogP contribution in [0.15, 0.2) is 23.1 Å². The fourth-order valence-electron chi connectivity index (χ4n) is 2.76. The Morgan fingerprint density at radius 2 is 2.22 bits per heavy atom. The van der Waals surface area contributed by atoms with Gasteiger partial charge < -0.3 is 25.4 Å². The van der Waals surface area contributed by atoms with Crippen molar-refractivity contribution in [3.63, 3.8) is 0 Å². The van der Waals surface area contributed by atoms with E-state index in [-0.39, 0.29) is 6.61 Å². The first-order chi connectivity index (χ1) is 13.0. The zero-order valence-corrected chi connectivity index (χ0v) is 15.7.